The van der Waals surface area contributed by atoms with Gasteiger partial charge in [0.1, 0.15) is 42.2 Å². The molecule has 2 saturated heterocycles. The van der Waals surface area contributed by atoms with Crippen LogP contribution in [-0.2, 0) is 18.9 Å². The number of ether oxygens (including phenoxy) is 7. The highest BCUT2D eigenvalue weighted by molar-refractivity contribution is 5.62. The Morgan fingerprint density at radius 1 is 0.957 bits per heavy atom. The molecule has 46 heavy (non-hydrogen) atoms. The topological polar surface area (TPSA) is 226 Å². The van der Waals surface area contributed by atoms with Crippen molar-refractivity contribution in [1.82, 2.24) is 0 Å². The standard InChI is InChI=1S/C31H40O15/c1-40-20-10-16(5-6-19(20)35)25-18(11-32)17-8-15(9-21(41-2)26(17)45-25)4-3-7-42-29-27(24(37)23(36)22(12-33)44-29)46-30-28(38)31(39,13-34)14-43-30/h3-6,8-10,18,22-25,27-30,32-39H,7,11-14H2,1-2H3. The summed E-state index contributed by atoms with van der Waals surface area (Å²) in [6, 6.07) is 8.39. The van der Waals surface area contributed by atoms with Crippen molar-refractivity contribution in [2.24, 2.45) is 0 Å². The number of phenols is 1. The van der Waals surface area contributed by atoms with Crippen molar-refractivity contribution in [2.75, 3.05) is 47.3 Å². The monoisotopic (exact) mass is 652 g/mol. The Morgan fingerprint density at radius 3 is 2.37 bits per heavy atom. The van der Waals surface area contributed by atoms with Crippen LogP contribution < -0.4 is 14.2 Å². The quantitative estimate of drug-likeness (QED) is 0.136. The van der Waals surface area contributed by atoms with E-state index in [1.807, 2.05) is 6.07 Å². The van der Waals surface area contributed by atoms with Crippen LogP contribution in [0.25, 0.3) is 6.08 Å². The fourth-order valence-corrected chi connectivity index (χ4v) is 5.77. The van der Waals surface area contributed by atoms with E-state index in [0.29, 0.717) is 28.2 Å². The zero-order valence-corrected chi connectivity index (χ0v) is 25.2. The first-order valence-corrected chi connectivity index (χ1v) is 14.6. The summed E-state index contributed by atoms with van der Waals surface area (Å²) in [6.45, 7) is -2.21. The zero-order chi connectivity index (χ0) is 33.2. The molecule has 10 atom stereocenters. The SMILES string of the molecule is COc1cc(C2Oc3c(OC)cc(C=CCOC4OC(CO)C(O)C(O)C4OC4OCC(O)(CO)C4O)cc3C2CO)ccc1O. The summed E-state index contributed by atoms with van der Waals surface area (Å²) in [6.07, 6.45) is -7.54. The number of methoxy groups -OCH3 is 2. The van der Waals surface area contributed by atoms with Crippen molar-refractivity contribution >= 4 is 6.08 Å². The smallest absolute Gasteiger partial charge is 0.187 e. The van der Waals surface area contributed by atoms with Gasteiger partial charge in [-0.25, -0.2) is 0 Å². The van der Waals surface area contributed by atoms with Gasteiger partial charge in [0, 0.05) is 5.56 Å². The molecule has 2 aromatic rings. The van der Waals surface area contributed by atoms with E-state index in [1.54, 1.807) is 30.4 Å². The Morgan fingerprint density at radius 2 is 1.72 bits per heavy atom. The molecule has 2 fully saturated rings. The molecule has 10 unspecified atom stereocenters. The van der Waals surface area contributed by atoms with Crippen molar-refractivity contribution in [3.8, 4) is 23.0 Å². The lowest BCUT2D eigenvalue weighted by Gasteiger charge is -2.42. The first-order valence-electron chi connectivity index (χ1n) is 14.6. The van der Waals surface area contributed by atoms with Gasteiger partial charge in [-0.15, -0.1) is 0 Å². The molecule has 0 aliphatic carbocycles. The van der Waals surface area contributed by atoms with Gasteiger partial charge in [-0.05, 0) is 35.4 Å². The van der Waals surface area contributed by atoms with Crippen LogP contribution in [0.3, 0.4) is 0 Å². The maximum atomic E-state index is 10.7. The predicted molar refractivity (Wildman–Crippen MR) is 156 cm³/mol. The Balaban J connectivity index is 1.31. The number of fused-ring (bicyclic) bond motifs is 1. The van der Waals surface area contributed by atoms with Crippen LogP contribution in [0.4, 0.5) is 0 Å². The summed E-state index contributed by atoms with van der Waals surface area (Å²) < 4.78 is 39.4. The van der Waals surface area contributed by atoms with E-state index >= 15 is 0 Å². The Kier molecular flexibility index (Phi) is 10.7. The fraction of sp³-hybridized carbons (Fsp3) is 0.548. The normalized spacial score (nSPS) is 34.1. The molecule has 0 bridgehead atoms. The zero-order valence-electron chi connectivity index (χ0n) is 25.2. The van der Waals surface area contributed by atoms with Gasteiger partial charge >= 0.3 is 0 Å². The lowest BCUT2D eigenvalue weighted by atomic mass is 9.90. The van der Waals surface area contributed by atoms with Crippen molar-refractivity contribution in [3.63, 3.8) is 0 Å². The Bertz CT molecular complexity index is 1370. The van der Waals surface area contributed by atoms with Crippen LogP contribution >= 0.6 is 0 Å². The van der Waals surface area contributed by atoms with Gasteiger partial charge in [0.25, 0.3) is 0 Å². The van der Waals surface area contributed by atoms with Crippen molar-refractivity contribution in [3.05, 3.63) is 53.1 Å². The van der Waals surface area contributed by atoms with E-state index in [0.717, 1.165) is 0 Å². The molecule has 15 heteroatoms. The van der Waals surface area contributed by atoms with E-state index in [2.05, 4.69) is 0 Å². The maximum Gasteiger partial charge on any atom is 0.187 e. The number of aliphatic hydroxyl groups excluding tert-OH is 6. The van der Waals surface area contributed by atoms with Gasteiger partial charge in [0.2, 0.25) is 0 Å². The molecule has 15 nitrogen and oxygen atoms in total. The number of aromatic hydroxyl groups is 1. The lowest BCUT2D eigenvalue weighted by molar-refractivity contribution is -0.334. The number of aliphatic hydroxyl groups is 7. The lowest BCUT2D eigenvalue weighted by Crippen LogP contribution is -2.61. The summed E-state index contributed by atoms with van der Waals surface area (Å²) >= 11 is 0. The molecular formula is C31H40O15. The summed E-state index contributed by atoms with van der Waals surface area (Å²) in [7, 11) is 2.93. The van der Waals surface area contributed by atoms with Gasteiger partial charge in [-0.3, -0.25) is 0 Å². The molecule has 3 aliphatic rings. The number of rotatable bonds is 12. The third-order valence-electron chi connectivity index (χ3n) is 8.43. The third kappa shape index (κ3) is 6.54. The van der Waals surface area contributed by atoms with Crippen LogP contribution in [-0.4, -0.2) is 137 Å². The summed E-state index contributed by atoms with van der Waals surface area (Å²) in [5, 5.41) is 81.2. The average molecular weight is 653 g/mol. The van der Waals surface area contributed by atoms with Crippen LogP contribution in [0.15, 0.2) is 36.4 Å². The third-order valence-corrected chi connectivity index (χ3v) is 8.43. The summed E-state index contributed by atoms with van der Waals surface area (Å²) in [4.78, 5) is 0. The van der Waals surface area contributed by atoms with E-state index in [1.165, 1.54) is 20.3 Å². The van der Waals surface area contributed by atoms with Crippen LogP contribution in [0, 0.1) is 0 Å². The highest BCUT2D eigenvalue weighted by Crippen LogP contribution is 2.51. The molecule has 2 aromatic carbocycles. The predicted octanol–water partition coefficient (Wildman–Crippen LogP) is -1.09. The van der Waals surface area contributed by atoms with Gasteiger partial charge in [-0.2, -0.15) is 0 Å². The second-order valence-corrected chi connectivity index (χ2v) is 11.3. The molecule has 0 saturated carbocycles. The van der Waals surface area contributed by atoms with E-state index < -0.39 is 80.5 Å². The molecule has 8 N–H and O–H groups in total. The highest BCUT2D eigenvalue weighted by Gasteiger charge is 2.53. The first-order chi connectivity index (χ1) is 22.1. The van der Waals surface area contributed by atoms with Crippen molar-refractivity contribution in [1.29, 1.82) is 0 Å². The molecule has 0 amide bonds. The second kappa shape index (κ2) is 14.4. The molecule has 0 spiro atoms. The molecule has 254 valence electrons. The van der Waals surface area contributed by atoms with E-state index in [-0.39, 0.29) is 24.7 Å². The fourth-order valence-electron chi connectivity index (χ4n) is 5.77. The average Bonchev–Trinajstić information content (AvgIpc) is 3.58. The number of phenolic OH excluding ortho intramolecular Hbond substituents is 1. The van der Waals surface area contributed by atoms with Gasteiger partial charge in [0.05, 0.1) is 53.2 Å². The Hall–Kier alpha value is -3.06. The highest BCUT2D eigenvalue weighted by atomic mass is 16.8. The first kappa shape index (κ1) is 34.3. The van der Waals surface area contributed by atoms with Gasteiger partial charge < -0.3 is 74.0 Å². The van der Waals surface area contributed by atoms with Crippen molar-refractivity contribution < 1.29 is 74.0 Å². The van der Waals surface area contributed by atoms with E-state index in [9.17, 15) is 40.9 Å². The van der Waals surface area contributed by atoms with Crippen LogP contribution in [0.1, 0.15) is 28.7 Å². The minimum absolute atomic E-state index is 0.0260. The molecule has 0 aromatic heterocycles. The van der Waals surface area contributed by atoms with Crippen molar-refractivity contribution in [2.45, 2.75) is 60.7 Å². The van der Waals surface area contributed by atoms with Gasteiger partial charge in [-0.1, -0.05) is 18.2 Å². The molecule has 0 radical (unpaired) electrons. The molecule has 3 heterocycles. The summed E-state index contributed by atoms with van der Waals surface area (Å²) in [5.74, 6) is 0.674. The van der Waals surface area contributed by atoms with E-state index in [4.69, 9.17) is 33.2 Å². The molecule has 5 rings (SSSR count). The molecule has 3 aliphatic heterocycles. The number of benzene rings is 2. The van der Waals surface area contributed by atoms with Gasteiger partial charge in [0.15, 0.2) is 35.6 Å². The Labute approximate surface area is 264 Å². The largest absolute Gasteiger partial charge is 0.504 e. The summed E-state index contributed by atoms with van der Waals surface area (Å²) in [5.41, 5.74) is 0.0814. The number of hydrogen-bond donors (Lipinski definition) is 8. The molecular weight excluding hydrogens is 612 g/mol. The minimum Gasteiger partial charge on any atom is -0.504 e. The second-order valence-electron chi connectivity index (χ2n) is 11.3. The number of hydrogen-bond acceptors (Lipinski definition) is 15. The maximum absolute atomic E-state index is 10.7. The van der Waals surface area contributed by atoms with Crippen LogP contribution in [0.5, 0.6) is 23.0 Å². The minimum atomic E-state index is -1.98. The van der Waals surface area contributed by atoms with Crippen LogP contribution in [0.2, 0.25) is 0 Å².